The lowest BCUT2D eigenvalue weighted by atomic mass is 9.74. The van der Waals surface area contributed by atoms with E-state index in [2.05, 4.69) is 0 Å². The summed E-state index contributed by atoms with van der Waals surface area (Å²) in [6.45, 7) is 0. The highest BCUT2D eigenvalue weighted by atomic mass is 16.5. The van der Waals surface area contributed by atoms with E-state index in [1.807, 2.05) is 42.5 Å². The molecular weight excluding hydrogens is 315 g/mol. The predicted octanol–water partition coefficient (Wildman–Crippen LogP) is 2.49. The lowest BCUT2D eigenvalue weighted by molar-refractivity contribution is 0.0601. The lowest BCUT2D eigenvalue weighted by Gasteiger charge is -2.15. The minimum Gasteiger partial charge on any atom is -0.465 e. The molecule has 0 amide bonds. The number of carbonyl (C=O) groups is 1. The van der Waals surface area contributed by atoms with E-state index in [9.17, 15) is 14.8 Å². The first-order valence-corrected chi connectivity index (χ1v) is 7.85. The first kappa shape index (κ1) is 17.0. The number of rotatable bonds is 4. The van der Waals surface area contributed by atoms with Crippen molar-refractivity contribution in [3.8, 4) is 22.3 Å². The zero-order valence-corrected chi connectivity index (χ0v) is 13.7. The molecule has 124 valence electrons. The van der Waals surface area contributed by atoms with Crippen LogP contribution in [0.2, 0.25) is 0 Å². The number of esters is 1. The van der Waals surface area contributed by atoms with Crippen LogP contribution in [0, 0.1) is 0 Å². The van der Waals surface area contributed by atoms with Gasteiger partial charge in [0, 0.05) is 0 Å². The molecule has 0 aliphatic rings. The number of hydrogen-bond donors (Lipinski definition) is 2. The van der Waals surface area contributed by atoms with Crippen LogP contribution in [-0.4, -0.2) is 30.2 Å². The van der Waals surface area contributed by atoms with Crippen molar-refractivity contribution in [2.45, 2.75) is 0 Å². The lowest BCUT2D eigenvalue weighted by Crippen LogP contribution is -2.31. The van der Waals surface area contributed by atoms with Gasteiger partial charge in [-0.05, 0) is 39.8 Å². The van der Waals surface area contributed by atoms with E-state index in [0.717, 1.165) is 16.7 Å². The molecule has 3 rings (SSSR count). The van der Waals surface area contributed by atoms with Crippen LogP contribution >= 0.6 is 0 Å². The second-order valence-electron chi connectivity index (χ2n) is 5.58. The van der Waals surface area contributed by atoms with Gasteiger partial charge < -0.3 is 14.8 Å². The van der Waals surface area contributed by atoms with Crippen LogP contribution in [0.1, 0.15) is 10.4 Å². The number of carbonyl (C=O) groups excluding carboxylic acids is 1. The zero-order chi connectivity index (χ0) is 17.8. The van der Waals surface area contributed by atoms with Gasteiger partial charge in [-0.25, -0.2) is 4.79 Å². The fraction of sp³-hybridized carbons (Fsp3) is 0.0500. The van der Waals surface area contributed by atoms with E-state index in [0.29, 0.717) is 16.6 Å². The number of hydrogen-bond acceptors (Lipinski definition) is 4. The van der Waals surface area contributed by atoms with Gasteiger partial charge in [-0.15, -0.1) is 0 Å². The van der Waals surface area contributed by atoms with E-state index in [1.165, 1.54) is 7.11 Å². The molecule has 0 atom stereocenters. The normalized spacial score (nSPS) is 10.4. The molecule has 0 fully saturated rings. The first-order valence-electron chi connectivity index (χ1n) is 7.85. The molecule has 0 heterocycles. The molecule has 3 aromatic rings. The molecule has 4 nitrogen and oxygen atoms in total. The molecule has 2 N–H and O–H groups in total. The van der Waals surface area contributed by atoms with Crippen molar-refractivity contribution in [1.82, 2.24) is 0 Å². The Morgan fingerprint density at radius 3 is 2.20 bits per heavy atom. The molecule has 0 spiro atoms. The SMILES string of the molecule is COC(=O)c1ccc(-c2ccccc2)c(-c2ccccc2B(O)O)c1. The minimum atomic E-state index is -1.61. The fourth-order valence-corrected chi connectivity index (χ4v) is 2.85. The zero-order valence-electron chi connectivity index (χ0n) is 13.7. The van der Waals surface area contributed by atoms with Crippen molar-refractivity contribution in [2.24, 2.45) is 0 Å². The van der Waals surface area contributed by atoms with Gasteiger partial charge in [-0.2, -0.15) is 0 Å². The number of ether oxygens (including phenoxy) is 1. The average molecular weight is 332 g/mol. The topological polar surface area (TPSA) is 66.8 Å². The minimum absolute atomic E-state index is 0.377. The van der Waals surface area contributed by atoms with E-state index in [4.69, 9.17) is 4.74 Å². The van der Waals surface area contributed by atoms with E-state index in [-0.39, 0.29) is 0 Å². The Morgan fingerprint density at radius 2 is 1.52 bits per heavy atom. The molecule has 0 saturated heterocycles. The Morgan fingerprint density at radius 1 is 0.840 bits per heavy atom. The Bertz CT molecular complexity index is 891. The largest absolute Gasteiger partial charge is 0.489 e. The van der Waals surface area contributed by atoms with Crippen molar-refractivity contribution >= 4 is 18.6 Å². The van der Waals surface area contributed by atoms with Crippen molar-refractivity contribution in [3.63, 3.8) is 0 Å². The maximum atomic E-state index is 11.9. The van der Waals surface area contributed by atoms with Crippen molar-refractivity contribution in [1.29, 1.82) is 0 Å². The summed E-state index contributed by atoms with van der Waals surface area (Å²) in [4.78, 5) is 11.9. The molecular formula is C20H17BO4. The van der Waals surface area contributed by atoms with Gasteiger partial charge in [0.2, 0.25) is 0 Å². The standard InChI is InChI=1S/C20H17BO4/c1-25-20(22)15-11-12-16(14-7-3-2-4-8-14)18(13-15)17-9-5-6-10-19(17)21(23)24/h2-13,23-24H,1H3. The molecule has 0 bridgehead atoms. The average Bonchev–Trinajstić information content (AvgIpc) is 2.67. The summed E-state index contributed by atoms with van der Waals surface area (Å²) in [5.74, 6) is -0.442. The third-order valence-corrected chi connectivity index (χ3v) is 4.05. The van der Waals surface area contributed by atoms with E-state index >= 15 is 0 Å². The molecule has 0 aromatic heterocycles. The molecule has 0 unspecified atom stereocenters. The van der Waals surface area contributed by atoms with Crippen LogP contribution in [0.3, 0.4) is 0 Å². The van der Waals surface area contributed by atoms with Crippen LogP contribution in [0.15, 0.2) is 72.8 Å². The summed E-state index contributed by atoms with van der Waals surface area (Å²) in [5, 5.41) is 19.4. The van der Waals surface area contributed by atoms with Gasteiger partial charge in [0.1, 0.15) is 0 Å². The van der Waals surface area contributed by atoms with E-state index in [1.54, 1.807) is 30.3 Å². The molecule has 0 aliphatic carbocycles. The van der Waals surface area contributed by atoms with Crippen molar-refractivity contribution in [3.05, 3.63) is 78.4 Å². The molecule has 5 heteroatoms. The number of benzene rings is 3. The first-order chi connectivity index (χ1) is 12.1. The fourth-order valence-electron chi connectivity index (χ4n) is 2.85. The van der Waals surface area contributed by atoms with Crippen LogP contribution in [0.25, 0.3) is 22.3 Å². The Balaban J connectivity index is 2.27. The van der Waals surface area contributed by atoms with Crippen LogP contribution in [0.5, 0.6) is 0 Å². The van der Waals surface area contributed by atoms with Crippen molar-refractivity contribution < 1.29 is 19.6 Å². The molecule has 0 saturated carbocycles. The number of methoxy groups -OCH3 is 1. The highest BCUT2D eigenvalue weighted by Crippen LogP contribution is 2.32. The third-order valence-electron chi connectivity index (χ3n) is 4.05. The summed E-state index contributed by atoms with van der Waals surface area (Å²) in [5.41, 5.74) is 4.03. The van der Waals surface area contributed by atoms with Gasteiger partial charge in [0.05, 0.1) is 12.7 Å². The maximum Gasteiger partial charge on any atom is 0.489 e. The van der Waals surface area contributed by atoms with Gasteiger partial charge in [-0.3, -0.25) is 0 Å². The Kier molecular flexibility index (Phi) is 4.98. The monoisotopic (exact) mass is 332 g/mol. The van der Waals surface area contributed by atoms with Gasteiger partial charge in [0.25, 0.3) is 0 Å². The van der Waals surface area contributed by atoms with Crippen molar-refractivity contribution in [2.75, 3.05) is 7.11 Å². The van der Waals surface area contributed by atoms with Gasteiger partial charge in [0.15, 0.2) is 0 Å². The molecule has 25 heavy (non-hydrogen) atoms. The summed E-state index contributed by atoms with van der Waals surface area (Å²) >= 11 is 0. The maximum absolute atomic E-state index is 11.9. The molecule has 3 aromatic carbocycles. The molecule has 0 radical (unpaired) electrons. The van der Waals surface area contributed by atoms with Gasteiger partial charge in [-0.1, -0.05) is 60.7 Å². The Hall–Kier alpha value is -2.89. The second kappa shape index (κ2) is 7.34. The van der Waals surface area contributed by atoms with Gasteiger partial charge >= 0.3 is 13.1 Å². The summed E-state index contributed by atoms with van der Waals surface area (Å²) in [6.07, 6.45) is 0. The van der Waals surface area contributed by atoms with Crippen LogP contribution < -0.4 is 5.46 Å². The summed E-state index contributed by atoms with van der Waals surface area (Å²) < 4.78 is 4.81. The third kappa shape index (κ3) is 3.48. The summed E-state index contributed by atoms with van der Waals surface area (Å²) in [7, 11) is -0.278. The van der Waals surface area contributed by atoms with Crippen LogP contribution in [-0.2, 0) is 4.74 Å². The predicted molar refractivity (Wildman–Crippen MR) is 98.5 cm³/mol. The highest BCUT2D eigenvalue weighted by Gasteiger charge is 2.20. The second-order valence-corrected chi connectivity index (χ2v) is 5.58. The summed E-state index contributed by atoms with van der Waals surface area (Å²) in [6, 6.07) is 22.0. The molecule has 0 aliphatic heterocycles. The Labute approximate surface area is 146 Å². The highest BCUT2D eigenvalue weighted by molar-refractivity contribution is 6.60. The quantitative estimate of drug-likeness (QED) is 0.569. The van der Waals surface area contributed by atoms with Crippen LogP contribution in [0.4, 0.5) is 0 Å². The smallest absolute Gasteiger partial charge is 0.465 e. The van der Waals surface area contributed by atoms with E-state index < -0.39 is 13.1 Å².